The van der Waals surface area contributed by atoms with Crippen LogP contribution in [0.15, 0.2) is 22.7 Å². The second kappa shape index (κ2) is 6.56. The van der Waals surface area contributed by atoms with E-state index in [9.17, 15) is 8.78 Å². The fourth-order valence-electron chi connectivity index (χ4n) is 1.78. The van der Waals surface area contributed by atoms with Crippen molar-refractivity contribution in [2.75, 3.05) is 7.05 Å². The number of aromatic nitrogens is 2. The Balaban J connectivity index is 1.98. The summed E-state index contributed by atoms with van der Waals surface area (Å²) in [7, 11) is 1.89. The van der Waals surface area contributed by atoms with E-state index in [1.165, 1.54) is 12.1 Å². The van der Waals surface area contributed by atoms with Gasteiger partial charge in [-0.3, -0.25) is 0 Å². The Bertz CT molecular complexity index is 571. The van der Waals surface area contributed by atoms with Gasteiger partial charge in [0, 0.05) is 24.9 Å². The average Bonchev–Trinajstić information content (AvgIpc) is 2.87. The quantitative estimate of drug-likeness (QED) is 0.883. The van der Waals surface area contributed by atoms with E-state index in [-0.39, 0.29) is 6.42 Å². The lowest BCUT2D eigenvalue weighted by atomic mass is 10.1. The minimum absolute atomic E-state index is 0.192. The fourth-order valence-corrected chi connectivity index (χ4v) is 1.78. The zero-order valence-corrected chi connectivity index (χ0v) is 11.5. The SMILES string of the molecule is CNC(C)CCc1nc(Cc2ccc(F)cc2F)no1. The van der Waals surface area contributed by atoms with Crippen LogP contribution in [0.25, 0.3) is 0 Å². The molecule has 0 amide bonds. The van der Waals surface area contributed by atoms with Crippen molar-refractivity contribution >= 4 is 0 Å². The molecule has 4 nitrogen and oxygen atoms in total. The third-order valence-corrected chi connectivity index (χ3v) is 3.16. The van der Waals surface area contributed by atoms with Gasteiger partial charge in [-0.15, -0.1) is 0 Å². The lowest BCUT2D eigenvalue weighted by molar-refractivity contribution is 0.365. The number of nitrogens with zero attached hydrogens (tertiary/aromatic N) is 2. The Kier molecular flexibility index (Phi) is 4.79. The minimum atomic E-state index is -0.597. The van der Waals surface area contributed by atoms with Gasteiger partial charge in [-0.25, -0.2) is 8.78 Å². The van der Waals surface area contributed by atoms with Crippen LogP contribution in [-0.2, 0) is 12.8 Å². The molecule has 1 aromatic carbocycles. The van der Waals surface area contributed by atoms with Crippen LogP contribution < -0.4 is 5.32 Å². The van der Waals surface area contributed by atoms with E-state index in [2.05, 4.69) is 22.4 Å². The van der Waals surface area contributed by atoms with Crippen LogP contribution in [0.4, 0.5) is 8.78 Å². The molecule has 0 fully saturated rings. The number of rotatable bonds is 6. The van der Waals surface area contributed by atoms with Gasteiger partial charge in [-0.05, 0) is 32.0 Å². The summed E-state index contributed by atoms with van der Waals surface area (Å²) in [6.45, 7) is 2.06. The van der Waals surface area contributed by atoms with Gasteiger partial charge in [0.2, 0.25) is 5.89 Å². The van der Waals surface area contributed by atoms with Crippen molar-refractivity contribution in [3.05, 3.63) is 47.1 Å². The Labute approximate surface area is 116 Å². The molecule has 0 aliphatic carbocycles. The van der Waals surface area contributed by atoms with E-state index >= 15 is 0 Å². The lowest BCUT2D eigenvalue weighted by Gasteiger charge is -2.06. The van der Waals surface area contributed by atoms with Crippen molar-refractivity contribution in [2.24, 2.45) is 0 Å². The zero-order chi connectivity index (χ0) is 14.5. The van der Waals surface area contributed by atoms with E-state index < -0.39 is 11.6 Å². The van der Waals surface area contributed by atoms with Gasteiger partial charge in [0.15, 0.2) is 5.82 Å². The summed E-state index contributed by atoms with van der Waals surface area (Å²) in [6, 6.07) is 3.82. The molecule has 0 aliphatic heterocycles. The molecular formula is C14H17F2N3O. The number of aryl methyl sites for hydroxylation is 1. The first-order valence-electron chi connectivity index (χ1n) is 6.51. The van der Waals surface area contributed by atoms with Crippen LogP contribution >= 0.6 is 0 Å². The molecule has 1 N–H and O–H groups in total. The van der Waals surface area contributed by atoms with Crippen molar-refractivity contribution in [2.45, 2.75) is 32.2 Å². The van der Waals surface area contributed by atoms with Crippen molar-refractivity contribution < 1.29 is 13.3 Å². The monoisotopic (exact) mass is 281 g/mol. The predicted molar refractivity (Wildman–Crippen MR) is 70.3 cm³/mol. The Morgan fingerprint density at radius 1 is 1.35 bits per heavy atom. The lowest BCUT2D eigenvalue weighted by Crippen LogP contribution is -2.21. The molecule has 1 unspecified atom stereocenters. The van der Waals surface area contributed by atoms with Crippen LogP contribution in [-0.4, -0.2) is 23.2 Å². The third-order valence-electron chi connectivity index (χ3n) is 3.16. The van der Waals surface area contributed by atoms with Crippen molar-refractivity contribution in [3.8, 4) is 0 Å². The average molecular weight is 281 g/mol. The van der Waals surface area contributed by atoms with Gasteiger partial charge in [-0.2, -0.15) is 4.98 Å². The molecule has 2 aromatic rings. The molecular weight excluding hydrogens is 264 g/mol. The maximum atomic E-state index is 13.5. The maximum absolute atomic E-state index is 13.5. The number of halogens is 2. The van der Waals surface area contributed by atoms with Crippen LogP contribution in [0.3, 0.4) is 0 Å². The Morgan fingerprint density at radius 2 is 2.15 bits per heavy atom. The van der Waals surface area contributed by atoms with Gasteiger partial charge < -0.3 is 9.84 Å². The molecule has 1 heterocycles. The standard InChI is InChI=1S/C14H17F2N3O/c1-9(17-2)3-6-14-18-13(19-20-14)7-10-4-5-11(15)8-12(10)16/h4-5,8-9,17H,3,6-7H2,1-2H3. The molecule has 0 radical (unpaired) electrons. The first kappa shape index (κ1) is 14.6. The fraction of sp³-hybridized carbons (Fsp3) is 0.429. The molecule has 0 bridgehead atoms. The molecule has 0 spiro atoms. The van der Waals surface area contributed by atoms with Crippen LogP contribution in [0.1, 0.15) is 30.6 Å². The summed E-state index contributed by atoms with van der Waals surface area (Å²) in [4.78, 5) is 4.21. The molecule has 0 aliphatic rings. The van der Waals surface area contributed by atoms with E-state index in [4.69, 9.17) is 4.52 Å². The van der Waals surface area contributed by atoms with Crippen LogP contribution in [0, 0.1) is 11.6 Å². The highest BCUT2D eigenvalue weighted by Gasteiger charge is 2.11. The van der Waals surface area contributed by atoms with E-state index in [0.29, 0.717) is 29.7 Å². The topological polar surface area (TPSA) is 51.0 Å². The zero-order valence-electron chi connectivity index (χ0n) is 11.5. The smallest absolute Gasteiger partial charge is 0.226 e. The van der Waals surface area contributed by atoms with Crippen molar-refractivity contribution in [1.82, 2.24) is 15.5 Å². The predicted octanol–water partition coefficient (Wildman–Crippen LogP) is 2.48. The van der Waals surface area contributed by atoms with Crippen molar-refractivity contribution in [3.63, 3.8) is 0 Å². The molecule has 6 heteroatoms. The first-order chi connectivity index (χ1) is 9.58. The normalized spacial score (nSPS) is 12.6. The molecule has 2 rings (SSSR count). The molecule has 1 aromatic heterocycles. The number of nitrogens with one attached hydrogen (secondary N) is 1. The second-order valence-corrected chi connectivity index (χ2v) is 4.75. The Hall–Kier alpha value is -1.82. The highest BCUT2D eigenvalue weighted by Crippen LogP contribution is 2.13. The molecule has 0 saturated carbocycles. The van der Waals surface area contributed by atoms with Crippen LogP contribution in [0.2, 0.25) is 0 Å². The summed E-state index contributed by atoms with van der Waals surface area (Å²) >= 11 is 0. The third kappa shape index (κ3) is 3.84. The molecule has 20 heavy (non-hydrogen) atoms. The summed E-state index contributed by atoms with van der Waals surface area (Å²) in [6.07, 6.45) is 1.74. The van der Waals surface area contributed by atoms with Gasteiger partial charge in [0.25, 0.3) is 0 Å². The second-order valence-electron chi connectivity index (χ2n) is 4.75. The summed E-state index contributed by atoms with van der Waals surface area (Å²) in [5.74, 6) is -0.256. The summed E-state index contributed by atoms with van der Waals surface area (Å²) in [5, 5.41) is 6.93. The van der Waals surface area contributed by atoms with Crippen molar-refractivity contribution in [1.29, 1.82) is 0 Å². The number of benzene rings is 1. The first-order valence-corrected chi connectivity index (χ1v) is 6.51. The van der Waals surface area contributed by atoms with E-state index in [1.54, 1.807) is 0 Å². The molecule has 1 atom stereocenters. The largest absolute Gasteiger partial charge is 0.339 e. The van der Waals surface area contributed by atoms with Crippen LogP contribution in [0.5, 0.6) is 0 Å². The minimum Gasteiger partial charge on any atom is -0.339 e. The van der Waals surface area contributed by atoms with Gasteiger partial charge in [0.1, 0.15) is 11.6 Å². The van der Waals surface area contributed by atoms with Gasteiger partial charge in [0.05, 0.1) is 0 Å². The number of hydrogen-bond acceptors (Lipinski definition) is 4. The molecule has 108 valence electrons. The van der Waals surface area contributed by atoms with E-state index in [0.717, 1.165) is 12.5 Å². The van der Waals surface area contributed by atoms with Gasteiger partial charge >= 0.3 is 0 Å². The summed E-state index contributed by atoms with van der Waals surface area (Å²) in [5.41, 5.74) is 0.349. The Morgan fingerprint density at radius 3 is 2.85 bits per heavy atom. The molecule has 0 saturated heterocycles. The summed E-state index contributed by atoms with van der Waals surface area (Å²) < 4.78 is 31.4. The van der Waals surface area contributed by atoms with Gasteiger partial charge in [-0.1, -0.05) is 11.2 Å². The maximum Gasteiger partial charge on any atom is 0.226 e. The number of hydrogen-bond donors (Lipinski definition) is 1. The highest BCUT2D eigenvalue weighted by molar-refractivity contribution is 5.21. The van der Waals surface area contributed by atoms with E-state index in [1.807, 2.05) is 7.05 Å². The highest BCUT2D eigenvalue weighted by atomic mass is 19.1.